The molecule has 0 radical (unpaired) electrons. The highest BCUT2D eigenvalue weighted by Gasteiger charge is 1.94. The van der Waals surface area contributed by atoms with Gasteiger partial charge in [-0.3, -0.25) is 4.79 Å². The second kappa shape index (κ2) is 8.68. The van der Waals surface area contributed by atoms with Crippen molar-refractivity contribution in [2.24, 2.45) is 5.90 Å². The Labute approximate surface area is 65.7 Å². The summed E-state index contributed by atoms with van der Waals surface area (Å²) < 4.78 is 0. The molecule has 0 saturated carbocycles. The Morgan fingerprint density at radius 1 is 1.50 bits per heavy atom. The Morgan fingerprint density at radius 3 is 2.50 bits per heavy atom. The minimum atomic E-state index is -0.771. The number of aliphatic carboxylic acids is 1. The summed E-state index contributed by atoms with van der Waals surface area (Å²) in [6.45, 7) is 0.438. The number of nitrogens with two attached hydrogens (primary N) is 1. The standard InChI is InChI=1S/C5H11NO3.ClH/c6-9-4-2-1-3-5(7)8;/h1-4,6H2,(H,7,8);1H. The molecule has 3 N–H and O–H groups in total. The van der Waals surface area contributed by atoms with E-state index >= 15 is 0 Å². The lowest BCUT2D eigenvalue weighted by molar-refractivity contribution is -0.137. The topological polar surface area (TPSA) is 72.5 Å². The first-order valence-electron chi connectivity index (χ1n) is 2.81. The van der Waals surface area contributed by atoms with Crippen molar-refractivity contribution in [3.8, 4) is 0 Å². The van der Waals surface area contributed by atoms with Crippen LogP contribution in [0, 0.1) is 0 Å². The summed E-state index contributed by atoms with van der Waals surface area (Å²) in [4.78, 5) is 14.1. The first-order valence-corrected chi connectivity index (χ1v) is 2.81. The molecule has 0 aromatic carbocycles. The van der Waals surface area contributed by atoms with Crippen molar-refractivity contribution in [2.75, 3.05) is 6.61 Å². The minimum absolute atomic E-state index is 0. The third-order valence-electron chi connectivity index (χ3n) is 0.903. The fraction of sp³-hybridized carbons (Fsp3) is 0.800. The molecule has 0 unspecified atom stereocenters. The number of unbranched alkanes of at least 4 members (excludes halogenated alkanes) is 1. The number of rotatable bonds is 5. The lowest BCUT2D eigenvalue weighted by Gasteiger charge is -1.93. The molecule has 0 aliphatic rings. The predicted octanol–water partition coefficient (Wildman–Crippen LogP) is 0.553. The molecule has 0 amide bonds. The van der Waals surface area contributed by atoms with E-state index in [2.05, 4.69) is 4.84 Å². The molecule has 0 rings (SSSR count). The Morgan fingerprint density at radius 2 is 2.10 bits per heavy atom. The fourth-order valence-electron chi connectivity index (χ4n) is 0.462. The molecule has 0 spiro atoms. The average molecular weight is 170 g/mol. The van der Waals surface area contributed by atoms with Crippen LogP contribution in [-0.4, -0.2) is 17.7 Å². The number of hydrogen-bond acceptors (Lipinski definition) is 3. The summed E-state index contributed by atoms with van der Waals surface area (Å²) in [5.41, 5.74) is 0. The fourth-order valence-corrected chi connectivity index (χ4v) is 0.462. The molecule has 0 saturated heterocycles. The van der Waals surface area contributed by atoms with Crippen molar-refractivity contribution in [3.63, 3.8) is 0 Å². The highest BCUT2D eigenvalue weighted by Crippen LogP contribution is 1.93. The van der Waals surface area contributed by atoms with Crippen LogP contribution in [0.1, 0.15) is 19.3 Å². The molecule has 5 heteroatoms. The highest BCUT2D eigenvalue weighted by atomic mass is 35.5. The average Bonchev–Trinajstić information content (AvgIpc) is 1.80. The van der Waals surface area contributed by atoms with Crippen molar-refractivity contribution < 1.29 is 14.7 Å². The third kappa shape index (κ3) is 10.6. The zero-order valence-corrected chi connectivity index (χ0v) is 6.39. The van der Waals surface area contributed by atoms with Gasteiger partial charge in [0.1, 0.15) is 0 Å². The van der Waals surface area contributed by atoms with Gasteiger partial charge in [0.25, 0.3) is 0 Å². The summed E-state index contributed by atoms with van der Waals surface area (Å²) in [5.74, 6) is 3.93. The van der Waals surface area contributed by atoms with Crippen LogP contribution in [-0.2, 0) is 9.63 Å². The van der Waals surface area contributed by atoms with Crippen molar-refractivity contribution in [2.45, 2.75) is 19.3 Å². The first kappa shape index (κ1) is 12.4. The Bertz CT molecular complexity index is 89.0. The predicted molar refractivity (Wildman–Crippen MR) is 38.9 cm³/mol. The molecule has 0 aliphatic heterocycles. The van der Waals surface area contributed by atoms with Crippen LogP contribution in [0.3, 0.4) is 0 Å². The molecule has 0 atom stereocenters. The van der Waals surface area contributed by atoms with E-state index in [0.717, 1.165) is 0 Å². The van der Waals surface area contributed by atoms with Gasteiger partial charge in [0, 0.05) is 6.42 Å². The second-order valence-electron chi connectivity index (χ2n) is 1.72. The number of carboxylic acid groups (broad SMARTS) is 1. The molecule has 4 nitrogen and oxygen atoms in total. The Balaban J connectivity index is 0. The van der Waals surface area contributed by atoms with E-state index in [1.807, 2.05) is 0 Å². The number of halogens is 1. The third-order valence-corrected chi connectivity index (χ3v) is 0.903. The van der Waals surface area contributed by atoms with Gasteiger partial charge in [-0.05, 0) is 12.8 Å². The maximum absolute atomic E-state index is 9.89. The quantitative estimate of drug-likeness (QED) is 0.466. The number of hydrogen-bond donors (Lipinski definition) is 2. The summed E-state index contributed by atoms with van der Waals surface area (Å²) in [7, 11) is 0. The largest absolute Gasteiger partial charge is 0.481 e. The van der Waals surface area contributed by atoms with Crippen molar-refractivity contribution in [3.05, 3.63) is 0 Å². The summed E-state index contributed by atoms with van der Waals surface area (Å²) in [5, 5.41) is 8.14. The smallest absolute Gasteiger partial charge is 0.303 e. The molecule has 0 heterocycles. The number of carboxylic acids is 1. The van der Waals surface area contributed by atoms with E-state index in [1.165, 1.54) is 0 Å². The van der Waals surface area contributed by atoms with Gasteiger partial charge in [0.15, 0.2) is 0 Å². The van der Waals surface area contributed by atoms with Gasteiger partial charge in [-0.1, -0.05) is 0 Å². The molecular weight excluding hydrogens is 158 g/mol. The summed E-state index contributed by atoms with van der Waals surface area (Å²) in [6.07, 6.45) is 1.54. The van der Waals surface area contributed by atoms with E-state index in [-0.39, 0.29) is 18.8 Å². The van der Waals surface area contributed by atoms with Gasteiger partial charge in [0.05, 0.1) is 6.61 Å². The van der Waals surface area contributed by atoms with Crippen LogP contribution in [0.5, 0.6) is 0 Å². The van der Waals surface area contributed by atoms with Crippen LogP contribution < -0.4 is 5.90 Å². The summed E-state index contributed by atoms with van der Waals surface area (Å²) >= 11 is 0. The van der Waals surface area contributed by atoms with E-state index in [1.54, 1.807) is 0 Å². The summed E-state index contributed by atoms with van der Waals surface area (Å²) in [6, 6.07) is 0. The molecule has 0 fully saturated rings. The van der Waals surface area contributed by atoms with E-state index in [0.29, 0.717) is 19.4 Å². The Hall–Kier alpha value is -0.320. The van der Waals surface area contributed by atoms with Gasteiger partial charge in [-0.25, -0.2) is 5.90 Å². The minimum Gasteiger partial charge on any atom is -0.481 e. The van der Waals surface area contributed by atoms with Crippen LogP contribution >= 0.6 is 12.4 Å². The zero-order chi connectivity index (χ0) is 7.11. The molecule has 10 heavy (non-hydrogen) atoms. The maximum atomic E-state index is 9.89. The van der Waals surface area contributed by atoms with Crippen molar-refractivity contribution >= 4 is 18.4 Å². The highest BCUT2D eigenvalue weighted by molar-refractivity contribution is 5.85. The molecule has 0 aromatic heterocycles. The van der Waals surface area contributed by atoms with E-state index in [4.69, 9.17) is 11.0 Å². The lowest BCUT2D eigenvalue weighted by Crippen LogP contribution is -2.02. The first-order chi connectivity index (χ1) is 4.27. The normalized spacial score (nSPS) is 8.50. The van der Waals surface area contributed by atoms with Gasteiger partial charge in [0.2, 0.25) is 0 Å². The van der Waals surface area contributed by atoms with Crippen LogP contribution in [0.2, 0.25) is 0 Å². The lowest BCUT2D eigenvalue weighted by atomic mass is 10.2. The number of carbonyl (C=O) groups is 1. The Kier molecular flexibility index (Phi) is 10.7. The van der Waals surface area contributed by atoms with Gasteiger partial charge in [-0.2, -0.15) is 0 Å². The monoisotopic (exact) mass is 169 g/mol. The molecule has 0 aromatic rings. The van der Waals surface area contributed by atoms with Gasteiger partial charge < -0.3 is 9.94 Å². The van der Waals surface area contributed by atoms with Gasteiger partial charge in [-0.15, -0.1) is 12.4 Å². The van der Waals surface area contributed by atoms with Crippen molar-refractivity contribution in [1.82, 2.24) is 0 Å². The molecule has 0 aliphatic carbocycles. The second-order valence-corrected chi connectivity index (χ2v) is 1.72. The SMILES string of the molecule is Cl.NOCCCCC(=O)O. The van der Waals surface area contributed by atoms with E-state index in [9.17, 15) is 4.79 Å². The molecule has 62 valence electrons. The maximum Gasteiger partial charge on any atom is 0.303 e. The van der Waals surface area contributed by atoms with E-state index < -0.39 is 5.97 Å². The van der Waals surface area contributed by atoms with Crippen molar-refractivity contribution in [1.29, 1.82) is 0 Å². The zero-order valence-electron chi connectivity index (χ0n) is 5.58. The molecule has 0 bridgehead atoms. The van der Waals surface area contributed by atoms with Gasteiger partial charge >= 0.3 is 5.97 Å². The van der Waals surface area contributed by atoms with Crippen LogP contribution in [0.25, 0.3) is 0 Å². The van der Waals surface area contributed by atoms with Crippen LogP contribution in [0.4, 0.5) is 0 Å². The van der Waals surface area contributed by atoms with Crippen LogP contribution in [0.15, 0.2) is 0 Å². The molecular formula is C5H12ClNO3.